The molecule has 2 aliphatic rings. The van der Waals surface area contributed by atoms with Crippen LogP contribution in [0.5, 0.6) is 5.75 Å². The van der Waals surface area contributed by atoms with Crippen LogP contribution in [0.3, 0.4) is 0 Å². The maximum Gasteiger partial charge on any atom is 0.415 e. The number of rotatable bonds is 7. The maximum absolute atomic E-state index is 14.7. The van der Waals surface area contributed by atoms with E-state index in [4.69, 9.17) is 15.2 Å². The Balaban J connectivity index is 1.23. The number of Topliss-reactive ketones (excluding diaryl/α,β-unsaturated/α-hetero) is 1. The van der Waals surface area contributed by atoms with Crippen LogP contribution < -0.4 is 26.2 Å². The summed E-state index contributed by atoms with van der Waals surface area (Å²) in [6, 6.07) is 7.87. The second-order valence-corrected chi connectivity index (χ2v) is 8.88. The summed E-state index contributed by atoms with van der Waals surface area (Å²) < 4.78 is 27.0. The minimum atomic E-state index is -0.526. The Labute approximate surface area is 205 Å². The first kappa shape index (κ1) is 23.9. The van der Waals surface area contributed by atoms with Crippen LogP contribution in [-0.2, 0) is 36.0 Å². The highest BCUT2D eigenvalue weighted by molar-refractivity contribution is 5.89. The fraction of sp³-hybridized carbons (Fsp3) is 0.360. The number of amides is 1. The SMILES string of the molecule is Cn1c(=O)cc(CN)c2ccc(F)c(CCNC[C@H]3CN(c4ccc5c(n4)CC(=O)CO5)C(=O)O3)c21. The van der Waals surface area contributed by atoms with Gasteiger partial charge >= 0.3 is 6.09 Å². The second-order valence-electron chi connectivity index (χ2n) is 8.88. The lowest BCUT2D eigenvalue weighted by Gasteiger charge is -2.18. The zero-order valence-corrected chi connectivity index (χ0v) is 19.8. The standard InChI is InChI=1S/C25H26FN5O5/c1-30-23(33)8-14(10-27)17-2-3-19(26)18(24(17)30)6-7-28-11-16-12-31(25(34)36-16)22-5-4-21-20(29-22)9-15(32)13-35-21/h2-5,8,16,28H,6-7,9-13,27H2,1H3/t16-/m0/s1. The van der Waals surface area contributed by atoms with Gasteiger partial charge in [0.25, 0.3) is 5.56 Å². The summed E-state index contributed by atoms with van der Waals surface area (Å²) in [6.07, 6.45) is -0.462. The summed E-state index contributed by atoms with van der Waals surface area (Å²) in [7, 11) is 1.62. The molecule has 3 N–H and O–H groups in total. The lowest BCUT2D eigenvalue weighted by atomic mass is 10.0. The van der Waals surface area contributed by atoms with Gasteiger partial charge in [-0.1, -0.05) is 0 Å². The first-order valence-electron chi connectivity index (χ1n) is 11.7. The number of ether oxygens (including phenoxy) is 2. The zero-order chi connectivity index (χ0) is 25.4. The first-order valence-corrected chi connectivity index (χ1v) is 11.7. The molecule has 10 nitrogen and oxygen atoms in total. The van der Waals surface area contributed by atoms with Crippen LogP contribution in [0.2, 0.25) is 0 Å². The predicted octanol–water partition coefficient (Wildman–Crippen LogP) is 1.19. The lowest BCUT2D eigenvalue weighted by molar-refractivity contribution is -0.121. The highest BCUT2D eigenvalue weighted by atomic mass is 19.1. The molecule has 11 heteroatoms. The minimum absolute atomic E-state index is 0.0285. The van der Waals surface area contributed by atoms with Crippen LogP contribution in [0.4, 0.5) is 15.0 Å². The Bertz CT molecular complexity index is 1420. The number of aryl methyl sites for hydroxylation is 1. The summed E-state index contributed by atoms with van der Waals surface area (Å²) in [5, 5.41) is 3.96. The van der Waals surface area contributed by atoms with E-state index in [-0.39, 0.29) is 37.5 Å². The molecular formula is C25H26FN5O5. The first-order chi connectivity index (χ1) is 17.4. The van der Waals surface area contributed by atoms with E-state index in [0.29, 0.717) is 53.4 Å². The highest BCUT2D eigenvalue weighted by Gasteiger charge is 2.33. The van der Waals surface area contributed by atoms with Gasteiger partial charge in [-0.2, -0.15) is 0 Å². The van der Waals surface area contributed by atoms with Gasteiger partial charge in [-0.05, 0) is 42.8 Å². The molecule has 0 radical (unpaired) electrons. The van der Waals surface area contributed by atoms with Crippen molar-refractivity contribution in [2.24, 2.45) is 12.8 Å². The fourth-order valence-corrected chi connectivity index (χ4v) is 4.67. The summed E-state index contributed by atoms with van der Waals surface area (Å²) in [6.45, 7) is 1.25. The Hall–Kier alpha value is -3.83. The zero-order valence-electron chi connectivity index (χ0n) is 19.8. The Morgan fingerprint density at radius 2 is 2.06 bits per heavy atom. The number of nitrogens with zero attached hydrogens (tertiary/aromatic N) is 3. The van der Waals surface area contributed by atoms with Gasteiger partial charge in [0.1, 0.15) is 30.1 Å². The molecule has 0 spiro atoms. The molecular weight excluding hydrogens is 469 g/mol. The number of nitrogens with one attached hydrogen (secondary N) is 1. The van der Waals surface area contributed by atoms with Crippen molar-refractivity contribution in [2.45, 2.75) is 25.5 Å². The summed E-state index contributed by atoms with van der Waals surface area (Å²) >= 11 is 0. The molecule has 2 aliphatic heterocycles. The summed E-state index contributed by atoms with van der Waals surface area (Å²) in [5.41, 5.74) is 7.68. The van der Waals surface area contributed by atoms with E-state index in [2.05, 4.69) is 10.3 Å². The smallest absolute Gasteiger partial charge is 0.415 e. The topological polar surface area (TPSA) is 129 Å². The third kappa shape index (κ3) is 4.42. The largest absolute Gasteiger partial charge is 0.484 e. The number of carbonyl (C=O) groups is 2. The number of ketones is 1. The van der Waals surface area contributed by atoms with Crippen LogP contribution in [0.25, 0.3) is 10.9 Å². The molecule has 3 aromatic rings. The summed E-state index contributed by atoms with van der Waals surface area (Å²) in [4.78, 5) is 42.3. The van der Waals surface area contributed by atoms with Crippen molar-refractivity contribution in [1.29, 1.82) is 0 Å². The van der Waals surface area contributed by atoms with Gasteiger partial charge in [-0.15, -0.1) is 0 Å². The average Bonchev–Trinajstić information content (AvgIpc) is 3.24. The minimum Gasteiger partial charge on any atom is -0.484 e. The number of hydrogen-bond acceptors (Lipinski definition) is 8. The van der Waals surface area contributed by atoms with Gasteiger partial charge < -0.3 is 25.1 Å². The normalized spacial score (nSPS) is 17.3. The third-order valence-corrected chi connectivity index (χ3v) is 6.50. The number of anilines is 1. The van der Waals surface area contributed by atoms with Gasteiger partial charge in [0.05, 0.1) is 24.2 Å². The van der Waals surface area contributed by atoms with Gasteiger partial charge in [0.2, 0.25) is 0 Å². The maximum atomic E-state index is 14.7. The Morgan fingerprint density at radius 1 is 1.22 bits per heavy atom. The van der Waals surface area contributed by atoms with E-state index >= 15 is 0 Å². The van der Waals surface area contributed by atoms with Gasteiger partial charge in [-0.25, -0.2) is 14.2 Å². The van der Waals surface area contributed by atoms with Crippen LogP contribution in [0.1, 0.15) is 16.8 Å². The number of hydrogen-bond donors (Lipinski definition) is 2. The number of carbonyl (C=O) groups excluding carboxylic acids is 2. The molecule has 1 atom stereocenters. The van der Waals surface area contributed by atoms with E-state index in [0.717, 1.165) is 5.39 Å². The molecule has 5 rings (SSSR count). The lowest BCUT2D eigenvalue weighted by Crippen LogP contribution is -2.32. The van der Waals surface area contributed by atoms with Crippen molar-refractivity contribution in [3.8, 4) is 5.75 Å². The van der Waals surface area contributed by atoms with E-state index in [1.54, 1.807) is 25.2 Å². The quantitative estimate of drug-likeness (QED) is 0.468. The van der Waals surface area contributed by atoms with Crippen LogP contribution in [0, 0.1) is 5.82 Å². The monoisotopic (exact) mass is 495 g/mol. The molecule has 4 heterocycles. The molecule has 36 heavy (non-hydrogen) atoms. The number of fused-ring (bicyclic) bond motifs is 2. The molecule has 1 fully saturated rings. The molecule has 0 saturated carbocycles. The van der Waals surface area contributed by atoms with Crippen molar-refractivity contribution in [3.05, 3.63) is 63.3 Å². The van der Waals surface area contributed by atoms with Gasteiger partial charge in [0, 0.05) is 37.2 Å². The molecule has 0 aliphatic carbocycles. The van der Waals surface area contributed by atoms with Crippen molar-refractivity contribution in [3.63, 3.8) is 0 Å². The van der Waals surface area contributed by atoms with E-state index in [1.165, 1.54) is 21.6 Å². The van der Waals surface area contributed by atoms with Gasteiger partial charge in [-0.3, -0.25) is 14.5 Å². The van der Waals surface area contributed by atoms with Crippen molar-refractivity contribution in [1.82, 2.24) is 14.9 Å². The van der Waals surface area contributed by atoms with Crippen molar-refractivity contribution in [2.75, 3.05) is 31.1 Å². The van der Waals surface area contributed by atoms with Crippen LogP contribution in [-0.4, -0.2) is 53.8 Å². The van der Waals surface area contributed by atoms with Crippen molar-refractivity contribution < 1.29 is 23.5 Å². The molecule has 0 unspecified atom stereocenters. The second kappa shape index (κ2) is 9.67. The highest BCUT2D eigenvalue weighted by Crippen LogP contribution is 2.27. The average molecular weight is 496 g/mol. The molecule has 1 amide bonds. The molecule has 1 saturated heterocycles. The summed E-state index contributed by atoms with van der Waals surface area (Å²) in [5.74, 6) is 0.475. The van der Waals surface area contributed by atoms with Crippen LogP contribution >= 0.6 is 0 Å². The Morgan fingerprint density at radius 3 is 2.86 bits per heavy atom. The Kier molecular flexibility index (Phi) is 6.42. The predicted molar refractivity (Wildman–Crippen MR) is 130 cm³/mol. The van der Waals surface area contributed by atoms with Gasteiger partial charge in [0.15, 0.2) is 5.78 Å². The fourth-order valence-electron chi connectivity index (χ4n) is 4.67. The number of cyclic esters (lactones) is 1. The number of pyridine rings is 2. The molecule has 188 valence electrons. The van der Waals surface area contributed by atoms with Crippen LogP contribution in [0.15, 0.2) is 35.1 Å². The molecule has 0 bridgehead atoms. The van der Waals surface area contributed by atoms with Crippen molar-refractivity contribution >= 4 is 28.6 Å². The molecule has 1 aromatic carbocycles. The number of aromatic nitrogens is 2. The molecule has 2 aromatic heterocycles. The third-order valence-electron chi connectivity index (χ3n) is 6.50. The number of halogens is 1. The van der Waals surface area contributed by atoms with E-state index in [9.17, 15) is 18.8 Å². The van der Waals surface area contributed by atoms with E-state index < -0.39 is 18.0 Å². The van der Waals surface area contributed by atoms with E-state index in [1.807, 2.05) is 0 Å². The number of benzene rings is 1. The number of nitrogens with two attached hydrogens (primary N) is 1.